The molecule has 19 heteroatoms. The van der Waals surface area contributed by atoms with Gasteiger partial charge in [0.05, 0.1) is 35.7 Å². The maximum atomic E-state index is 14.0. The van der Waals surface area contributed by atoms with Crippen LogP contribution in [-0.2, 0) is 35.7 Å². The van der Waals surface area contributed by atoms with E-state index in [-0.39, 0.29) is 43.1 Å². The van der Waals surface area contributed by atoms with Crippen molar-refractivity contribution in [2.24, 2.45) is 29.6 Å². The van der Waals surface area contributed by atoms with Crippen LogP contribution >= 0.6 is 0 Å². The Kier molecular flexibility index (Phi) is 12.1. The summed E-state index contributed by atoms with van der Waals surface area (Å²) in [6.45, 7) is 5.96. The molecule has 4 aliphatic carbocycles. The van der Waals surface area contributed by atoms with Gasteiger partial charge in [-0.15, -0.1) is 0 Å². The van der Waals surface area contributed by atoms with Gasteiger partial charge in [0.1, 0.15) is 36.1 Å². The Labute approximate surface area is 341 Å². The molecule has 4 amide bonds. The van der Waals surface area contributed by atoms with Gasteiger partial charge in [0.15, 0.2) is 0 Å². The van der Waals surface area contributed by atoms with Gasteiger partial charge < -0.3 is 29.7 Å². The molecule has 2 aromatic rings. The number of carbonyl (C=O) groups excluding carboxylic acids is 4. The Hall–Kier alpha value is -4.55. The summed E-state index contributed by atoms with van der Waals surface area (Å²) in [5.41, 5.74) is -2.29. The number of hydrogen-bond donors (Lipinski definition) is 3. The number of alkyl halides is 2. The third kappa shape index (κ3) is 9.28. The average Bonchev–Trinajstić information content (AvgIpc) is 4.11. The molecule has 59 heavy (non-hydrogen) atoms. The van der Waals surface area contributed by atoms with Crippen LogP contribution in [0.15, 0.2) is 23.0 Å². The van der Waals surface area contributed by atoms with Crippen LogP contribution < -0.4 is 30.4 Å². The molecule has 8 rings (SSSR count). The zero-order valence-corrected chi connectivity index (χ0v) is 34.6. The zero-order chi connectivity index (χ0) is 42.4. The van der Waals surface area contributed by atoms with E-state index >= 15 is 0 Å². The number of ether oxygens (including phenoxy) is 3. The molecule has 2 bridgehead atoms. The van der Waals surface area contributed by atoms with Crippen molar-refractivity contribution in [1.29, 1.82) is 0 Å². The molecule has 1 unspecified atom stereocenters. The molecule has 0 radical (unpaired) electrons. The predicted molar refractivity (Wildman–Crippen MR) is 209 cm³/mol. The number of carbonyl (C=O) groups is 4. The van der Waals surface area contributed by atoms with Crippen LogP contribution in [0.4, 0.5) is 13.6 Å². The topological polar surface area (TPSA) is 204 Å². The zero-order valence-electron chi connectivity index (χ0n) is 33.8. The lowest BCUT2D eigenvalue weighted by molar-refractivity contribution is -0.139. The summed E-state index contributed by atoms with van der Waals surface area (Å²) >= 11 is 0. The summed E-state index contributed by atoms with van der Waals surface area (Å²) in [4.78, 5) is 73.7. The van der Waals surface area contributed by atoms with Crippen LogP contribution in [0.1, 0.15) is 85.0 Å². The van der Waals surface area contributed by atoms with Gasteiger partial charge >= 0.3 is 6.09 Å². The van der Waals surface area contributed by atoms with Crippen LogP contribution in [0, 0.1) is 29.6 Å². The van der Waals surface area contributed by atoms with E-state index in [4.69, 9.17) is 14.2 Å². The summed E-state index contributed by atoms with van der Waals surface area (Å²) in [7, 11) is -2.66. The second-order valence-electron chi connectivity index (χ2n) is 17.5. The summed E-state index contributed by atoms with van der Waals surface area (Å²) in [6, 6.07) is 3.41. The minimum Gasteiger partial charge on any atom is -0.497 e. The molecule has 16 nitrogen and oxygen atoms in total. The van der Waals surface area contributed by atoms with Gasteiger partial charge in [0.2, 0.25) is 28.3 Å². The van der Waals surface area contributed by atoms with E-state index in [1.165, 1.54) is 11.7 Å². The Balaban J connectivity index is 0.00000126. The summed E-state index contributed by atoms with van der Waals surface area (Å²) < 4.78 is 74.0. The lowest BCUT2D eigenvalue weighted by Crippen LogP contribution is -2.57. The molecule has 3 N–H and O–H groups in total. The Morgan fingerprint density at radius 3 is 2.44 bits per heavy atom. The van der Waals surface area contributed by atoms with E-state index in [1.807, 2.05) is 4.72 Å². The SMILES string of the molecule is CC(C)C.COc1ccc2c(=O)n3c(nc2c1)O[C@@H]1C[C@@H](C(=O)N[C@]2(C(=O)NS(=O)(=O)C4CC4)C[C@H]2C(F)F)N(C1)C(=O)CNC(=O)O[C@@H]1C[C@@H]2CC2[C@H]1CCCCC3. The predicted octanol–water partition coefficient (Wildman–Crippen LogP) is 3.49. The van der Waals surface area contributed by atoms with Gasteiger partial charge in [-0.05, 0) is 80.8 Å². The number of fused-ring (bicyclic) bond motifs is 7. The smallest absolute Gasteiger partial charge is 0.407 e. The van der Waals surface area contributed by atoms with Crippen molar-refractivity contribution in [1.82, 2.24) is 29.8 Å². The quantitative estimate of drug-likeness (QED) is 0.368. The maximum absolute atomic E-state index is 14.0. The monoisotopic (exact) mass is 848 g/mol. The van der Waals surface area contributed by atoms with E-state index in [0.717, 1.165) is 42.9 Å². The van der Waals surface area contributed by atoms with Crippen molar-refractivity contribution >= 4 is 44.7 Å². The Bertz CT molecular complexity index is 2130. The van der Waals surface area contributed by atoms with Crippen LogP contribution in [0.25, 0.3) is 10.9 Å². The molecule has 1 aromatic carbocycles. The highest BCUT2D eigenvalue weighted by atomic mass is 32.2. The number of rotatable bonds is 7. The summed E-state index contributed by atoms with van der Waals surface area (Å²) in [5, 5.41) is 4.38. The van der Waals surface area contributed by atoms with E-state index in [2.05, 4.69) is 36.4 Å². The molecule has 1 saturated heterocycles. The van der Waals surface area contributed by atoms with Gasteiger partial charge in [-0.25, -0.2) is 22.0 Å². The van der Waals surface area contributed by atoms with Crippen LogP contribution in [0.2, 0.25) is 0 Å². The summed E-state index contributed by atoms with van der Waals surface area (Å²) in [5.74, 6) is -2.21. The number of aromatic nitrogens is 2. The molecule has 324 valence electrons. The average molecular weight is 849 g/mol. The fraction of sp³-hybridized carbons (Fsp3) is 0.700. The number of benzene rings is 1. The Morgan fingerprint density at radius 2 is 1.76 bits per heavy atom. The van der Waals surface area contributed by atoms with E-state index in [1.54, 1.807) is 18.2 Å². The minimum atomic E-state index is -4.14. The molecule has 8 atom stereocenters. The van der Waals surface area contributed by atoms with E-state index in [0.29, 0.717) is 47.8 Å². The number of nitrogens with one attached hydrogen (secondary N) is 3. The number of methoxy groups -OCH3 is 1. The van der Waals surface area contributed by atoms with Crippen LogP contribution in [0.5, 0.6) is 11.8 Å². The maximum Gasteiger partial charge on any atom is 0.407 e. The second kappa shape index (κ2) is 16.8. The standard InChI is InChI=1S/C36H44F2N6O10S.C4H10/c1-52-19-6-9-23-26(13-19)40-34-43(32(23)47)10-4-2-3-5-22-24-11-18(24)12-28(22)54-35(49)39-16-29(45)44-17-20(53-34)14-27(44)31(46)41-36(15-25(36)30(37)38)33(48)42-55(50,51)21-7-8-21;1-4(2)3/h6,9,13,18,20-22,24-25,27-28,30H,2-5,7-8,10-12,14-17H2,1H3,(H,39,49)(H,41,46)(H,42,48);4H,1-3H3/t18-,20+,22+,24?,25-,27-,28+,36+;/m0./s1. The normalized spacial score (nSPS) is 30.6. The van der Waals surface area contributed by atoms with Gasteiger partial charge in [0.25, 0.3) is 17.5 Å². The number of hydrogen-bond acceptors (Lipinski definition) is 11. The lowest BCUT2D eigenvalue weighted by Gasteiger charge is -2.27. The first-order valence-corrected chi connectivity index (χ1v) is 22.2. The van der Waals surface area contributed by atoms with Crippen molar-refractivity contribution in [3.05, 3.63) is 28.6 Å². The van der Waals surface area contributed by atoms with Crippen molar-refractivity contribution < 1.29 is 50.6 Å². The van der Waals surface area contributed by atoms with Crippen LogP contribution in [-0.4, -0.2) is 102 Å². The van der Waals surface area contributed by atoms with Gasteiger partial charge in [-0.1, -0.05) is 33.6 Å². The largest absolute Gasteiger partial charge is 0.497 e. The van der Waals surface area contributed by atoms with Crippen molar-refractivity contribution in [3.8, 4) is 11.8 Å². The molecule has 6 aliphatic rings. The third-order valence-corrected chi connectivity index (χ3v) is 14.0. The first-order chi connectivity index (χ1) is 28.0. The molecule has 5 fully saturated rings. The number of sulfonamides is 1. The van der Waals surface area contributed by atoms with E-state index < -0.39 is 82.1 Å². The second-order valence-corrected chi connectivity index (χ2v) is 19.5. The highest BCUT2D eigenvalue weighted by Gasteiger charge is 2.66. The molecule has 3 heterocycles. The molecule has 1 aromatic heterocycles. The number of nitrogens with zero attached hydrogens (tertiary/aromatic N) is 3. The first-order valence-electron chi connectivity index (χ1n) is 20.7. The highest BCUT2D eigenvalue weighted by Crippen LogP contribution is 2.57. The van der Waals surface area contributed by atoms with Crippen molar-refractivity contribution in [2.75, 3.05) is 20.2 Å². The lowest BCUT2D eigenvalue weighted by atomic mass is 9.94. The molecular formula is C40H54F2N6O10S. The van der Waals surface area contributed by atoms with Gasteiger partial charge in [-0.3, -0.25) is 28.5 Å². The molecular weight excluding hydrogens is 795 g/mol. The van der Waals surface area contributed by atoms with E-state index in [9.17, 15) is 41.2 Å². The summed E-state index contributed by atoms with van der Waals surface area (Å²) in [6.07, 6.45) is -0.262. The fourth-order valence-corrected chi connectivity index (χ4v) is 10.2. The first kappa shape index (κ1) is 42.6. The van der Waals surface area contributed by atoms with Gasteiger partial charge in [0, 0.05) is 19.0 Å². The minimum absolute atomic E-state index is 0.0511. The third-order valence-electron chi connectivity index (χ3n) is 12.2. The van der Waals surface area contributed by atoms with Crippen LogP contribution in [0.3, 0.4) is 0 Å². The molecule has 4 saturated carbocycles. The Morgan fingerprint density at radius 1 is 1.02 bits per heavy atom. The van der Waals surface area contributed by atoms with Crippen molar-refractivity contribution in [2.45, 2.75) is 127 Å². The van der Waals surface area contributed by atoms with Gasteiger partial charge in [-0.2, -0.15) is 4.98 Å². The van der Waals surface area contributed by atoms with Crippen molar-refractivity contribution in [3.63, 3.8) is 0 Å². The fourth-order valence-electron chi connectivity index (χ4n) is 8.80. The molecule has 0 spiro atoms. The number of amides is 4. The highest BCUT2D eigenvalue weighted by molar-refractivity contribution is 7.91. The molecule has 2 aliphatic heterocycles. The number of halogens is 2. The number of alkyl carbamates (subject to hydrolysis) is 1.